The van der Waals surface area contributed by atoms with E-state index in [0.29, 0.717) is 12.4 Å². The van der Waals surface area contributed by atoms with E-state index in [1.165, 1.54) is 11.1 Å². The molecule has 0 bridgehead atoms. The summed E-state index contributed by atoms with van der Waals surface area (Å²) >= 11 is 6.01. The first-order valence-electron chi connectivity index (χ1n) is 7.26. The fourth-order valence-electron chi connectivity index (χ4n) is 3.00. The summed E-state index contributed by atoms with van der Waals surface area (Å²) in [7, 11) is 0. The van der Waals surface area contributed by atoms with Gasteiger partial charge in [-0.3, -0.25) is 4.90 Å². The van der Waals surface area contributed by atoms with Crippen LogP contribution in [0.5, 0.6) is 0 Å². The van der Waals surface area contributed by atoms with Crippen molar-refractivity contribution < 1.29 is 9.53 Å². The van der Waals surface area contributed by atoms with Crippen molar-refractivity contribution in [3.63, 3.8) is 0 Å². The molecule has 116 valence electrons. The van der Waals surface area contributed by atoms with Gasteiger partial charge in [-0.2, -0.15) is 0 Å². The number of hydrogen-bond donors (Lipinski definition) is 0. The Balaban J connectivity index is 2.45. The third-order valence-electron chi connectivity index (χ3n) is 3.83. The predicted molar refractivity (Wildman–Crippen MR) is 87.3 cm³/mol. The molecule has 21 heavy (non-hydrogen) atoms. The summed E-state index contributed by atoms with van der Waals surface area (Å²) in [6.45, 7) is 12.7. The van der Waals surface area contributed by atoms with Crippen LogP contribution in [0.3, 0.4) is 0 Å². The average Bonchev–Trinajstić information content (AvgIpc) is 2.60. The number of alkyl halides is 1. The van der Waals surface area contributed by atoms with E-state index in [4.69, 9.17) is 16.3 Å². The zero-order valence-electron chi connectivity index (χ0n) is 13.7. The molecule has 0 saturated heterocycles. The molecule has 0 N–H and O–H groups in total. The van der Waals surface area contributed by atoms with E-state index in [1.807, 2.05) is 32.9 Å². The Bertz CT molecular complexity index is 573. The van der Waals surface area contributed by atoms with Gasteiger partial charge < -0.3 is 4.74 Å². The Kier molecular flexibility index (Phi) is 4.00. The third kappa shape index (κ3) is 3.03. The maximum Gasteiger partial charge on any atom is 0.414 e. The van der Waals surface area contributed by atoms with E-state index in [0.717, 1.165) is 11.3 Å². The standard InChI is InChI=1S/C17H24ClNO2/c1-11-12(9-18)7-8-13-14(11)17(5,6)10-19(13)15(20)21-16(2,3)4/h7-8H,9-10H2,1-6H3. The Morgan fingerprint density at radius 1 is 1.38 bits per heavy atom. The number of rotatable bonds is 1. The number of carbonyl (C=O) groups is 1. The van der Waals surface area contributed by atoms with Crippen LogP contribution in [-0.2, 0) is 16.0 Å². The second-order valence-corrected chi connectivity index (χ2v) is 7.60. The summed E-state index contributed by atoms with van der Waals surface area (Å²) in [6.07, 6.45) is -0.285. The number of nitrogens with zero attached hydrogens (tertiary/aromatic N) is 1. The van der Waals surface area contributed by atoms with Gasteiger partial charge in [0.2, 0.25) is 0 Å². The van der Waals surface area contributed by atoms with E-state index >= 15 is 0 Å². The van der Waals surface area contributed by atoms with Crippen LogP contribution in [0.15, 0.2) is 12.1 Å². The van der Waals surface area contributed by atoms with E-state index in [-0.39, 0.29) is 11.5 Å². The molecule has 0 fully saturated rings. The van der Waals surface area contributed by atoms with Gasteiger partial charge in [0.1, 0.15) is 5.60 Å². The number of halogens is 1. The lowest BCUT2D eigenvalue weighted by molar-refractivity contribution is 0.0579. The molecule has 1 amide bonds. The first-order valence-corrected chi connectivity index (χ1v) is 7.80. The monoisotopic (exact) mass is 309 g/mol. The zero-order chi connectivity index (χ0) is 16.0. The van der Waals surface area contributed by atoms with Crippen molar-refractivity contribution in [1.82, 2.24) is 0 Å². The van der Waals surface area contributed by atoms with Gasteiger partial charge in [-0.25, -0.2) is 4.79 Å². The molecule has 1 aromatic rings. The first-order chi connectivity index (χ1) is 9.57. The SMILES string of the molecule is Cc1c(CCl)ccc2c1C(C)(C)CN2C(=O)OC(C)(C)C. The van der Waals surface area contributed by atoms with Gasteiger partial charge >= 0.3 is 6.09 Å². The molecule has 0 radical (unpaired) electrons. The van der Waals surface area contributed by atoms with E-state index in [9.17, 15) is 4.79 Å². The van der Waals surface area contributed by atoms with Crippen molar-refractivity contribution in [2.24, 2.45) is 0 Å². The summed E-state index contributed by atoms with van der Waals surface area (Å²) in [5, 5.41) is 0. The predicted octanol–water partition coefficient (Wildman–Crippen LogP) is 4.77. The van der Waals surface area contributed by atoms with Crippen LogP contribution in [0.1, 0.15) is 51.3 Å². The molecule has 3 nitrogen and oxygen atoms in total. The lowest BCUT2D eigenvalue weighted by Gasteiger charge is -2.25. The van der Waals surface area contributed by atoms with Gasteiger partial charge in [-0.15, -0.1) is 11.6 Å². The van der Waals surface area contributed by atoms with Gasteiger partial charge in [0, 0.05) is 17.8 Å². The summed E-state index contributed by atoms with van der Waals surface area (Å²) in [6, 6.07) is 3.98. The van der Waals surface area contributed by atoms with Gasteiger partial charge in [0.25, 0.3) is 0 Å². The highest BCUT2D eigenvalue weighted by Gasteiger charge is 2.41. The van der Waals surface area contributed by atoms with Crippen molar-refractivity contribution in [2.45, 2.75) is 58.4 Å². The largest absolute Gasteiger partial charge is 0.443 e. The van der Waals surface area contributed by atoms with Crippen LogP contribution >= 0.6 is 11.6 Å². The Hall–Kier alpha value is -1.22. The van der Waals surface area contributed by atoms with Crippen LogP contribution in [-0.4, -0.2) is 18.2 Å². The van der Waals surface area contributed by atoms with Crippen molar-refractivity contribution >= 4 is 23.4 Å². The van der Waals surface area contributed by atoms with Crippen molar-refractivity contribution in [2.75, 3.05) is 11.4 Å². The van der Waals surface area contributed by atoms with Crippen molar-refractivity contribution in [3.05, 3.63) is 28.8 Å². The van der Waals surface area contributed by atoms with Gasteiger partial charge in [0.15, 0.2) is 0 Å². The normalized spacial score (nSPS) is 16.8. The molecule has 0 aliphatic carbocycles. The lowest BCUT2D eigenvalue weighted by Crippen LogP contribution is -2.38. The zero-order valence-corrected chi connectivity index (χ0v) is 14.5. The quantitative estimate of drug-likeness (QED) is 0.700. The molecule has 1 aliphatic rings. The lowest BCUT2D eigenvalue weighted by atomic mass is 9.83. The topological polar surface area (TPSA) is 29.5 Å². The fourth-order valence-corrected chi connectivity index (χ4v) is 3.29. The van der Waals surface area contributed by atoms with Crippen molar-refractivity contribution in [3.8, 4) is 0 Å². The molecule has 0 saturated carbocycles. The molecule has 0 atom stereocenters. The number of amides is 1. The molecule has 2 rings (SSSR count). The molecular formula is C17H24ClNO2. The molecule has 0 unspecified atom stereocenters. The fraction of sp³-hybridized carbons (Fsp3) is 0.588. The molecule has 4 heteroatoms. The minimum Gasteiger partial charge on any atom is -0.443 e. The summed E-state index contributed by atoms with van der Waals surface area (Å²) in [5.41, 5.74) is 3.85. The maximum absolute atomic E-state index is 12.5. The number of hydrogen-bond acceptors (Lipinski definition) is 2. The minimum atomic E-state index is -0.491. The molecule has 1 heterocycles. The molecule has 1 aromatic carbocycles. The summed E-state index contributed by atoms with van der Waals surface area (Å²) in [5.74, 6) is 0.488. The molecule has 0 spiro atoms. The molecule has 0 aromatic heterocycles. The van der Waals surface area contributed by atoms with E-state index < -0.39 is 5.60 Å². The van der Waals surface area contributed by atoms with Crippen LogP contribution in [0, 0.1) is 6.92 Å². The second kappa shape index (κ2) is 5.20. The Labute approximate surface area is 132 Å². The molecule has 1 aliphatic heterocycles. The van der Waals surface area contributed by atoms with E-state index in [2.05, 4.69) is 20.8 Å². The number of carbonyl (C=O) groups excluding carboxylic acids is 1. The highest BCUT2D eigenvalue weighted by Crippen LogP contribution is 2.44. The third-order valence-corrected chi connectivity index (χ3v) is 4.12. The van der Waals surface area contributed by atoms with Crippen LogP contribution in [0.2, 0.25) is 0 Å². The Morgan fingerprint density at radius 3 is 2.52 bits per heavy atom. The first kappa shape index (κ1) is 16.2. The summed E-state index contributed by atoms with van der Waals surface area (Å²) < 4.78 is 5.53. The van der Waals surface area contributed by atoms with Gasteiger partial charge in [0.05, 0.1) is 5.69 Å². The number of fused-ring (bicyclic) bond motifs is 1. The van der Waals surface area contributed by atoms with Gasteiger partial charge in [-0.1, -0.05) is 19.9 Å². The number of ether oxygens (including phenoxy) is 1. The van der Waals surface area contributed by atoms with E-state index in [1.54, 1.807) is 4.90 Å². The number of anilines is 1. The summed E-state index contributed by atoms with van der Waals surface area (Å²) in [4.78, 5) is 14.2. The maximum atomic E-state index is 12.5. The van der Waals surface area contributed by atoms with Crippen molar-refractivity contribution in [1.29, 1.82) is 0 Å². The van der Waals surface area contributed by atoms with Crippen LogP contribution in [0.4, 0.5) is 10.5 Å². The van der Waals surface area contributed by atoms with Crippen LogP contribution in [0.25, 0.3) is 0 Å². The second-order valence-electron chi connectivity index (χ2n) is 7.33. The number of benzene rings is 1. The van der Waals surface area contributed by atoms with Crippen LogP contribution < -0.4 is 4.90 Å². The highest BCUT2D eigenvalue weighted by molar-refractivity contribution is 6.17. The molecular weight excluding hydrogens is 286 g/mol. The average molecular weight is 310 g/mol. The van der Waals surface area contributed by atoms with Gasteiger partial charge in [-0.05, 0) is 50.5 Å². The smallest absolute Gasteiger partial charge is 0.414 e. The minimum absolute atomic E-state index is 0.0988. The Morgan fingerprint density at radius 2 is 2.00 bits per heavy atom. The highest BCUT2D eigenvalue weighted by atomic mass is 35.5.